The van der Waals surface area contributed by atoms with Gasteiger partial charge in [0.05, 0.1) is 7.11 Å². The number of pyridine rings is 1. The Labute approximate surface area is 116 Å². The molecule has 0 bridgehead atoms. The number of halogens is 1. The maximum atomic E-state index is 13.0. The Morgan fingerprint density at radius 2 is 2.05 bits per heavy atom. The molecule has 104 valence electrons. The molecular weight excluding hydrogens is 259 g/mol. The number of amides is 1. The third-order valence-electron chi connectivity index (χ3n) is 2.83. The van der Waals surface area contributed by atoms with Gasteiger partial charge in [0.1, 0.15) is 11.4 Å². The molecule has 1 amide bonds. The molecule has 0 spiro atoms. The Bertz CT molecular complexity index is 616. The Morgan fingerprint density at radius 1 is 1.30 bits per heavy atom. The van der Waals surface area contributed by atoms with E-state index in [9.17, 15) is 9.18 Å². The standard InChI is InChI=1S/C15H15FN2O2/c1-18(10-11-5-3-6-12(9-11)20-2)15(19)13-7-4-8-14(16)17-13/h3-9H,10H2,1-2H3. The number of nitrogens with zero attached hydrogens (tertiary/aromatic N) is 2. The van der Waals surface area contributed by atoms with Crippen LogP contribution in [0.1, 0.15) is 16.1 Å². The summed E-state index contributed by atoms with van der Waals surface area (Å²) in [6.07, 6.45) is 0. The molecule has 0 atom stereocenters. The van der Waals surface area contributed by atoms with Crippen molar-refractivity contribution in [3.63, 3.8) is 0 Å². The van der Waals surface area contributed by atoms with Crippen LogP contribution in [0.4, 0.5) is 4.39 Å². The van der Waals surface area contributed by atoms with Crippen LogP contribution >= 0.6 is 0 Å². The molecule has 0 aliphatic rings. The van der Waals surface area contributed by atoms with Crippen molar-refractivity contribution in [2.24, 2.45) is 0 Å². The predicted molar refractivity (Wildman–Crippen MR) is 73.0 cm³/mol. The predicted octanol–water partition coefficient (Wildman–Crippen LogP) is 2.50. The van der Waals surface area contributed by atoms with E-state index in [1.165, 1.54) is 23.1 Å². The first kappa shape index (κ1) is 14.0. The van der Waals surface area contributed by atoms with Gasteiger partial charge in [-0.05, 0) is 29.8 Å². The van der Waals surface area contributed by atoms with Gasteiger partial charge < -0.3 is 9.64 Å². The van der Waals surface area contributed by atoms with Crippen molar-refractivity contribution in [1.29, 1.82) is 0 Å². The van der Waals surface area contributed by atoms with Crippen LogP contribution in [0.2, 0.25) is 0 Å². The second-order valence-corrected chi connectivity index (χ2v) is 4.36. The maximum absolute atomic E-state index is 13.0. The summed E-state index contributed by atoms with van der Waals surface area (Å²) < 4.78 is 18.2. The number of hydrogen-bond donors (Lipinski definition) is 0. The van der Waals surface area contributed by atoms with Gasteiger partial charge in [-0.1, -0.05) is 18.2 Å². The van der Waals surface area contributed by atoms with Gasteiger partial charge in [-0.25, -0.2) is 4.98 Å². The lowest BCUT2D eigenvalue weighted by Gasteiger charge is -2.17. The quantitative estimate of drug-likeness (QED) is 0.804. The van der Waals surface area contributed by atoms with Crippen LogP contribution in [0.15, 0.2) is 42.5 Å². The van der Waals surface area contributed by atoms with Crippen molar-refractivity contribution in [2.75, 3.05) is 14.2 Å². The van der Waals surface area contributed by atoms with E-state index in [1.54, 1.807) is 14.2 Å². The zero-order valence-electron chi connectivity index (χ0n) is 11.3. The summed E-state index contributed by atoms with van der Waals surface area (Å²) in [4.78, 5) is 17.2. The van der Waals surface area contributed by atoms with Crippen LogP contribution in [-0.2, 0) is 6.54 Å². The summed E-state index contributed by atoms with van der Waals surface area (Å²) in [6, 6.07) is 11.6. The van der Waals surface area contributed by atoms with Gasteiger partial charge in [-0.15, -0.1) is 0 Å². The fourth-order valence-electron chi connectivity index (χ4n) is 1.84. The molecule has 0 unspecified atom stereocenters. The first-order valence-corrected chi connectivity index (χ1v) is 6.11. The van der Waals surface area contributed by atoms with Crippen LogP contribution in [-0.4, -0.2) is 29.9 Å². The average Bonchev–Trinajstić information content (AvgIpc) is 2.46. The zero-order chi connectivity index (χ0) is 14.5. The minimum absolute atomic E-state index is 0.0930. The van der Waals surface area contributed by atoms with E-state index in [2.05, 4.69) is 4.98 Å². The summed E-state index contributed by atoms with van der Waals surface area (Å²) in [5.41, 5.74) is 1.02. The summed E-state index contributed by atoms with van der Waals surface area (Å²) in [6.45, 7) is 0.397. The van der Waals surface area contributed by atoms with E-state index in [1.807, 2.05) is 24.3 Å². The van der Waals surface area contributed by atoms with Crippen molar-refractivity contribution in [1.82, 2.24) is 9.88 Å². The second-order valence-electron chi connectivity index (χ2n) is 4.36. The van der Waals surface area contributed by atoms with Crippen molar-refractivity contribution in [3.8, 4) is 5.75 Å². The molecule has 0 aliphatic heterocycles. The fourth-order valence-corrected chi connectivity index (χ4v) is 1.84. The van der Waals surface area contributed by atoms with E-state index in [-0.39, 0.29) is 11.6 Å². The highest BCUT2D eigenvalue weighted by Crippen LogP contribution is 2.14. The van der Waals surface area contributed by atoms with E-state index in [0.29, 0.717) is 6.54 Å². The highest BCUT2D eigenvalue weighted by atomic mass is 19.1. The lowest BCUT2D eigenvalue weighted by Crippen LogP contribution is -2.27. The molecule has 1 aromatic carbocycles. The van der Waals surface area contributed by atoms with Crippen LogP contribution in [0, 0.1) is 5.95 Å². The highest BCUT2D eigenvalue weighted by Gasteiger charge is 2.14. The first-order valence-electron chi connectivity index (χ1n) is 6.11. The van der Waals surface area contributed by atoms with Crippen molar-refractivity contribution < 1.29 is 13.9 Å². The second kappa shape index (κ2) is 6.14. The SMILES string of the molecule is COc1cccc(CN(C)C(=O)c2cccc(F)n2)c1. The number of benzene rings is 1. The third-order valence-corrected chi connectivity index (χ3v) is 2.83. The average molecular weight is 274 g/mol. The fraction of sp³-hybridized carbons (Fsp3) is 0.200. The lowest BCUT2D eigenvalue weighted by atomic mass is 10.2. The molecule has 2 aromatic rings. The Morgan fingerprint density at radius 3 is 2.75 bits per heavy atom. The Balaban J connectivity index is 2.11. The van der Waals surface area contributed by atoms with Crippen LogP contribution < -0.4 is 4.74 Å². The minimum Gasteiger partial charge on any atom is -0.497 e. The maximum Gasteiger partial charge on any atom is 0.272 e. The minimum atomic E-state index is -0.661. The molecular formula is C15H15FN2O2. The van der Waals surface area contributed by atoms with Gasteiger partial charge >= 0.3 is 0 Å². The first-order chi connectivity index (χ1) is 9.60. The monoisotopic (exact) mass is 274 g/mol. The van der Waals surface area contributed by atoms with Gasteiger partial charge in [-0.2, -0.15) is 4.39 Å². The largest absolute Gasteiger partial charge is 0.497 e. The normalized spacial score (nSPS) is 10.2. The van der Waals surface area contributed by atoms with Gasteiger partial charge in [0.15, 0.2) is 0 Å². The topological polar surface area (TPSA) is 42.4 Å². The number of carbonyl (C=O) groups is 1. The van der Waals surface area contributed by atoms with Gasteiger partial charge in [-0.3, -0.25) is 4.79 Å². The molecule has 0 N–H and O–H groups in total. The van der Waals surface area contributed by atoms with Crippen molar-refractivity contribution >= 4 is 5.91 Å². The molecule has 0 saturated carbocycles. The summed E-state index contributed by atoms with van der Waals surface area (Å²) in [5.74, 6) is -0.259. The third kappa shape index (κ3) is 3.32. The van der Waals surface area contributed by atoms with Crippen molar-refractivity contribution in [3.05, 3.63) is 59.7 Å². The van der Waals surface area contributed by atoms with Crippen LogP contribution in [0.5, 0.6) is 5.75 Å². The number of hydrogen-bond acceptors (Lipinski definition) is 3. The molecule has 1 heterocycles. The number of carbonyl (C=O) groups excluding carboxylic acids is 1. The van der Waals surface area contributed by atoms with Gasteiger partial charge in [0.2, 0.25) is 5.95 Å². The lowest BCUT2D eigenvalue weighted by molar-refractivity contribution is 0.0778. The molecule has 0 radical (unpaired) electrons. The number of methoxy groups -OCH3 is 1. The Kier molecular flexibility index (Phi) is 4.30. The number of ether oxygens (including phenoxy) is 1. The van der Waals surface area contributed by atoms with Crippen molar-refractivity contribution in [2.45, 2.75) is 6.54 Å². The number of rotatable bonds is 4. The Hall–Kier alpha value is -2.43. The molecule has 0 saturated heterocycles. The van der Waals surface area contributed by atoms with Crippen LogP contribution in [0.3, 0.4) is 0 Å². The summed E-state index contributed by atoms with van der Waals surface area (Å²) in [5, 5.41) is 0. The molecule has 2 rings (SSSR count). The smallest absolute Gasteiger partial charge is 0.272 e. The van der Waals surface area contributed by atoms with Gasteiger partial charge in [0.25, 0.3) is 5.91 Å². The molecule has 5 heteroatoms. The molecule has 4 nitrogen and oxygen atoms in total. The van der Waals surface area contributed by atoms with E-state index in [0.717, 1.165) is 11.3 Å². The van der Waals surface area contributed by atoms with Gasteiger partial charge in [0, 0.05) is 13.6 Å². The van der Waals surface area contributed by atoms with E-state index < -0.39 is 5.95 Å². The molecule has 20 heavy (non-hydrogen) atoms. The molecule has 0 fully saturated rings. The van der Waals surface area contributed by atoms with Crippen LogP contribution in [0.25, 0.3) is 0 Å². The van der Waals surface area contributed by atoms with E-state index >= 15 is 0 Å². The molecule has 0 aliphatic carbocycles. The summed E-state index contributed by atoms with van der Waals surface area (Å²) in [7, 11) is 3.24. The van der Waals surface area contributed by atoms with E-state index in [4.69, 9.17) is 4.74 Å². The molecule has 1 aromatic heterocycles. The zero-order valence-corrected chi connectivity index (χ0v) is 11.3. The summed E-state index contributed by atoms with van der Waals surface area (Å²) >= 11 is 0. The number of aromatic nitrogens is 1. The highest BCUT2D eigenvalue weighted by molar-refractivity contribution is 5.92.